The SMILES string of the molecule is CC(=O)c1c(C)[nH]c(C(=O)Nc2ccc(-c3csc(N4CCOCC4)n3)cc2)c1C. The number of hydrogen-bond donors (Lipinski definition) is 2. The molecule has 0 unspecified atom stereocenters. The maximum absolute atomic E-state index is 12.7. The van der Waals surface area contributed by atoms with Crippen LogP contribution in [0, 0.1) is 13.8 Å². The van der Waals surface area contributed by atoms with E-state index in [1.165, 1.54) is 6.92 Å². The van der Waals surface area contributed by atoms with Gasteiger partial charge in [0.2, 0.25) is 0 Å². The van der Waals surface area contributed by atoms with E-state index in [0.717, 1.165) is 42.7 Å². The van der Waals surface area contributed by atoms with E-state index in [1.54, 1.807) is 25.2 Å². The molecule has 0 saturated carbocycles. The highest BCUT2D eigenvalue weighted by molar-refractivity contribution is 7.14. The van der Waals surface area contributed by atoms with Crippen LogP contribution < -0.4 is 10.2 Å². The van der Waals surface area contributed by atoms with Gasteiger partial charge in [-0.1, -0.05) is 12.1 Å². The monoisotopic (exact) mass is 424 g/mol. The highest BCUT2D eigenvalue weighted by atomic mass is 32.1. The van der Waals surface area contributed by atoms with E-state index < -0.39 is 0 Å². The molecule has 30 heavy (non-hydrogen) atoms. The van der Waals surface area contributed by atoms with E-state index in [-0.39, 0.29) is 11.7 Å². The third-order valence-corrected chi connectivity index (χ3v) is 6.13. The van der Waals surface area contributed by atoms with Crippen molar-refractivity contribution < 1.29 is 14.3 Å². The summed E-state index contributed by atoms with van der Waals surface area (Å²) in [5.41, 5.74) is 4.97. The average Bonchev–Trinajstić information content (AvgIpc) is 3.34. The molecule has 1 aliphatic heterocycles. The van der Waals surface area contributed by atoms with Crippen LogP contribution in [0.5, 0.6) is 0 Å². The number of benzene rings is 1. The van der Waals surface area contributed by atoms with Crippen LogP contribution in [0.3, 0.4) is 0 Å². The number of Topliss-reactive ketones (excluding diaryl/α,β-unsaturated/α-hetero) is 1. The predicted octanol–water partition coefficient (Wildman–Crippen LogP) is 4.05. The van der Waals surface area contributed by atoms with Gasteiger partial charge < -0.3 is 19.9 Å². The van der Waals surface area contributed by atoms with Gasteiger partial charge in [-0.2, -0.15) is 0 Å². The lowest BCUT2D eigenvalue weighted by atomic mass is 10.1. The number of nitrogens with one attached hydrogen (secondary N) is 2. The molecular formula is C22H24N4O3S. The summed E-state index contributed by atoms with van der Waals surface area (Å²) in [6.45, 7) is 8.28. The van der Waals surface area contributed by atoms with Gasteiger partial charge >= 0.3 is 0 Å². The molecule has 1 saturated heterocycles. The minimum atomic E-state index is -0.265. The van der Waals surface area contributed by atoms with Gasteiger partial charge in [-0.05, 0) is 38.5 Å². The first-order valence-electron chi connectivity index (χ1n) is 9.84. The van der Waals surface area contributed by atoms with Gasteiger partial charge in [0.25, 0.3) is 5.91 Å². The second kappa shape index (κ2) is 8.41. The van der Waals surface area contributed by atoms with Crippen molar-refractivity contribution in [1.82, 2.24) is 9.97 Å². The van der Waals surface area contributed by atoms with Crippen LogP contribution in [0.1, 0.15) is 39.0 Å². The predicted molar refractivity (Wildman–Crippen MR) is 119 cm³/mol. The maximum Gasteiger partial charge on any atom is 0.272 e. The smallest absolute Gasteiger partial charge is 0.272 e. The zero-order chi connectivity index (χ0) is 21.3. The number of thiazole rings is 1. The van der Waals surface area contributed by atoms with Crippen LogP contribution >= 0.6 is 11.3 Å². The standard InChI is InChI=1S/C22H24N4O3S/c1-13-19(15(3)27)14(2)23-20(13)21(28)24-17-6-4-16(5-7-17)18-12-30-22(25-18)26-8-10-29-11-9-26/h4-7,12,23H,8-11H2,1-3H3,(H,24,28). The van der Waals surface area contributed by atoms with Gasteiger partial charge in [-0.3, -0.25) is 9.59 Å². The minimum Gasteiger partial charge on any atom is -0.378 e. The Morgan fingerprint density at radius 3 is 2.50 bits per heavy atom. The number of aromatic nitrogens is 2. The minimum absolute atomic E-state index is 0.0515. The average molecular weight is 425 g/mol. The van der Waals surface area contributed by atoms with Crippen molar-refractivity contribution in [2.75, 3.05) is 36.5 Å². The fourth-order valence-corrected chi connectivity index (χ4v) is 4.61. The van der Waals surface area contributed by atoms with Crippen LogP contribution in [0.2, 0.25) is 0 Å². The summed E-state index contributed by atoms with van der Waals surface area (Å²) in [4.78, 5) is 34.5. The second-order valence-corrected chi connectivity index (χ2v) is 8.16. The number of amides is 1. The Kier molecular flexibility index (Phi) is 5.69. The van der Waals surface area contributed by atoms with Gasteiger partial charge in [0.05, 0.1) is 18.9 Å². The zero-order valence-corrected chi connectivity index (χ0v) is 18.1. The fraction of sp³-hybridized carbons (Fsp3) is 0.318. The highest BCUT2D eigenvalue weighted by Gasteiger charge is 2.20. The van der Waals surface area contributed by atoms with Crippen LogP contribution in [-0.2, 0) is 4.74 Å². The molecule has 156 valence electrons. The molecule has 1 amide bonds. The molecular weight excluding hydrogens is 400 g/mol. The van der Waals surface area contributed by atoms with E-state index in [4.69, 9.17) is 9.72 Å². The molecule has 7 nitrogen and oxygen atoms in total. The van der Waals surface area contributed by atoms with Gasteiger partial charge in [0.15, 0.2) is 10.9 Å². The number of rotatable bonds is 5. The van der Waals surface area contributed by atoms with E-state index in [2.05, 4.69) is 15.2 Å². The molecule has 0 spiro atoms. The lowest BCUT2D eigenvalue weighted by Gasteiger charge is -2.26. The number of nitrogens with zero attached hydrogens (tertiary/aromatic N) is 2. The summed E-state index contributed by atoms with van der Waals surface area (Å²) in [5.74, 6) is -0.316. The maximum atomic E-state index is 12.7. The molecule has 0 atom stereocenters. The lowest BCUT2D eigenvalue weighted by molar-refractivity contribution is 0.101. The lowest BCUT2D eigenvalue weighted by Crippen LogP contribution is -2.36. The van der Waals surface area contributed by atoms with E-state index in [1.807, 2.05) is 29.6 Å². The molecule has 3 heterocycles. The molecule has 1 aliphatic rings. The molecule has 0 bridgehead atoms. The topological polar surface area (TPSA) is 87.3 Å². The molecule has 2 aromatic heterocycles. The summed E-state index contributed by atoms with van der Waals surface area (Å²) >= 11 is 1.63. The number of aryl methyl sites for hydroxylation is 1. The van der Waals surface area contributed by atoms with Crippen LogP contribution in [-0.4, -0.2) is 48.0 Å². The molecule has 8 heteroatoms. The first kappa shape index (κ1) is 20.3. The summed E-state index contributed by atoms with van der Waals surface area (Å²) in [6, 6.07) is 7.61. The molecule has 0 aliphatic carbocycles. The van der Waals surface area contributed by atoms with E-state index >= 15 is 0 Å². The van der Waals surface area contributed by atoms with Crippen molar-refractivity contribution in [3.8, 4) is 11.3 Å². The number of aromatic amines is 1. The first-order valence-corrected chi connectivity index (χ1v) is 10.7. The number of hydrogen-bond acceptors (Lipinski definition) is 6. The van der Waals surface area contributed by atoms with E-state index in [0.29, 0.717) is 28.2 Å². The summed E-state index contributed by atoms with van der Waals surface area (Å²) in [7, 11) is 0. The molecule has 3 aromatic rings. The summed E-state index contributed by atoms with van der Waals surface area (Å²) in [6.07, 6.45) is 0. The summed E-state index contributed by atoms with van der Waals surface area (Å²) in [5, 5.41) is 5.95. The fourth-order valence-electron chi connectivity index (χ4n) is 3.72. The van der Waals surface area contributed by atoms with Crippen LogP contribution in [0.4, 0.5) is 10.8 Å². The molecule has 2 N–H and O–H groups in total. The Morgan fingerprint density at radius 1 is 1.17 bits per heavy atom. The Balaban J connectivity index is 1.47. The Hall–Kier alpha value is -2.97. The molecule has 0 radical (unpaired) electrons. The van der Waals surface area contributed by atoms with Crippen molar-refractivity contribution in [1.29, 1.82) is 0 Å². The summed E-state index contributed by atoms with van der Waals surface area (Å²) < 4.78 is 5.40. The highest BCUT2D eigenvalue weighted by Crippen LogP contribution is 2.29. The van der Waals surface area contributed by atoms with Gasteiger partial charge in [0, 0.05) is 41.0 Å². The normalized spacial score (nSPS) is 14.0. The first-order chi connectivity index (χ1) is 14.4. The number of anilines is 2. The molecule has 1 fully saturated rings. The second-order valence-electron chi connectivity index (χ2n) is 7.33. The van der Waals surface area contributed by atoms with Gasteiger partial charge in [-0.25, -0.2) is 4.98 Å². The quantitative estimate of drug-likeness (QED) is 0.604. The third kappa shape index (κ3) is 4.01. The van der Waals surface area contributed by atoms with E-state index in [9.17, 15) is 9.59 Å². The van der Waals surface area contributed by atoms with Crippen LogP contribution in [0.25, 0.3) is 11.3 Å². The number of carbonyl (C=O) groups excluding carboxylic acids is 2. The van der Waals surface area contributed by atoms with Crippen molar-refractivity contribution in [2.24, 2.45) is 0 Å². The van der Waals surface area contributed by atoms with Gasteiger partial charge in [-0.15, -0.1) is 11.3 Å². The zero-order valence-electron chi connectivity index (χ0n) is 17.2. The number of morpholine rings is 1. The van der Waals surface area contributed by atoms with Crippen molar-refractivity contribution in [2.45, 2.75) is 20.8 Å². The Morgan fingerprint density at radius 2 is 1.87 bits per heavy atom. The Labute approximate surface area is 179 Å². The van der Waals surface area contributed by atoms with Crippen molar-refractivity contribution >= 4 is 33.8 Å². The molecule has 4 rings (SSSR count). The molecule has 1 aromatic carbocycles. The van der Waals surface area contributed by atoms with Crippen molar-refractivity contribution in [3.05, 3.63) is 52.2 Å². The number of ketones is 1. The largest absolute Gasteiger partial charge is 0.378 e. The third-order valence-electron chi connectivity index (χ3n) is 5.23. The van der Waals surface area contributed by atoms with Gasteiger partial charge in [0.1, 0.15) is 5.69 Å². The number of H-pyrrole nitrogens is 1. The van der Waals surface area contributed by atoms with Crippen LogP contribution in [0.15, 0.2) is 29.6 Å². The number of ether oxygens (including phenoxy) is 1. The van der Waals surface area contributed by atoms with Crippen molar-refractivity contribution in [3.63, 3.8) is 0 Å². The number of carbonyl (C=O) groups is 2. The Bertz CT molecular complexity index is 1080.